The number of benzene rings is 1. The highest BCUT2D eigenvalue weighted by Crippen LogP contribution is 2.19. The maximum Gasteiger partial charge on any atom is 0.314 e. The van der Waals surface area contributed by atoms with Gasteiger partial charge in [-0.15, -0.1) is 0 Å². The summed E-state index contributed by atoms with van der Waals surface area (Å²) in [6.07, 6.45) is 3.37. The zero-order valence-electron chi connectivity index (χ0n) is 12.7. The Bertz CT molecular complexity index is 627. The lowest BCUT2D eigenvalue weighted by Gasteiger charge is -2.09. The molecule has 2 amide bonds. The SMILES string of the molecule is CCC(O)CCNC(=O)NCCc1c[nH]c2cc(F)ccc12. The molecule has 0 spiro atoms. The number of H-pyrrole nitrogens is 1. The first kappa shape index (κ1) is 16.3. The smallest absolute Gasteiger partial charge is 0.314 e. The van der Waals surface area contributed by atoms with Gasteiger partial charge in [0.15, 0.2) is 0 Å². The van der Waals surface area contributed by atoms with Crippen LogP contribution in [0.25, 0.3) is 10.9 Å². The van der Waals surface area contributed by atoms with Crippen molar-refractivity contribution < 1.29 is 14.3 Å². The molecular weight excluding hydrogens is 285 g/mol. The number of urea groups is 1. The summed E-state index contributed by atoms with van der Waals surface area (Å²) in [7, 11) is 0. The lowest BCUT2D eigenvalue weighted by molar-refractivity contribution is 0.160. The fourth-order valence-corrected chi connectivity index (χ4v) is 2.29. The molecule has 6 heteroatoms. The summed E-state index contributed by atoms with van der Waals surface area (Å²) < 4.78 is 13.1. The second-order valence-electron chi connectivity index (χ2n) is 5.29. The van der Waals surface area contributed by atoms with Crippen LogP contribution in [-0.2, 0) is 6.42 Å². The monoisotopic (exact) mass is 307 g/mol. The standard InChI is InChI=1S/C16H22FN3O2/c1-2-13(21)6-8-19-16(22)18-7-5-11-10-20-15-9-12(17)3-4-14(11)15/h3-4,9-10,13,20-21H,2,5-8H2,1H3,(H2,18,19,22). The second-order valence-corrected chi connectivity index (χ2v) is 5.29. The molecule has 0 fully saturated rings. The molecule has 0 radical (unpaired) electrons. The second kappa shape index (κ2) is 7.79. The molecule has 2 aromatic rings. The van der Waals surface area contributed by atoms with Crippen molar-refractivity contribution in [3.63, 3.8) is 0 Å². The fourth-order valence-electron chi connectivity index (χ4n) is 2.29. The number of amides is 2. The van der Waals surface area contributed by atoms with Crippen molar-refractivity contribution in [2.75, 3.05) is 13.1 Å². The predicted molar refractivity (Wildman–Crippen MR) is 84.3 cm³/mol. The van der Waals surface area contributed by atoms with Crippen LogP contribution in [0.3, 0.4) is 0 Å². The van der Waals surface area contributed by atoms with Gasteiger partial charge in [0.05, 0.1) is 6.10 Å². The van der Waals surface area contributed by atoms with Gasteiger partial charge in [0, 0.05) is 30.2 Å². The molecule has 1 aromatic carbocycles. The van der Waals surface area contributed by atoms with Crippen molar-refractivity contribution >= 4 is 16.9 Å². The lowest BCUT2D eigenvalue weighted by atomic mass is 10.1. The number of aromatic nitrogens is 1. The van der Waals surface area contributed by atoms with Crippen LogP contribution in [-0.4, -0.2) is 35.3 Å². The maximum atomic E-state index is 13.1. The van der Waals surface area contributed by atoms with Crippen LogP contribution >= 0.6 is 0 Å². The highest BCUT2D eigenvalue weighted by molar-refractivity contribution is 5.83. The largest absolute Gasteiger partial charge is 0.393 e. The Morgan fingerprint density at radius 2 is 2.14 bits per heavy atom. The molecule has 1 unspecified atom stereocenters. The van der Waals surface area contributed by atoms with E-state index in [9.17, 15) is 14.3 Å². The molecule has 0 saturated heterocycles. The van der Waals surface area contributed by atoms with Crippen LogP contribution in [0.4, 0.5) is 9.18 Å². The van der Waals surface area contributed by atoms with E-state index in [1.54, 1.807) is 6.07 Å². The van der Waals surface area contributed by atoms with E-state index >= 15 is 0 Å². The first-order valence-electron chi connectivity index (χ1n) is 7.55. The Morgan fingerprint density at radius 3 is 2.91 bits per heavy atom. The van der Waals surface area contributed by atoms with Crippen molar-refractivity contribution in [2.24, 2.45) is 0 Å². The molecule has 0 aliphatic heterocycles. The van der Waals surface area contributed by atoms with Gasteiger partial charge in [0.2, 0.25) is 0 Å². The van der Waals surface area contributed by atoms with Gasteiger partial charge in [-0.3, -0.25) is 0 Å². The van der Waals surface area contributed by atoms with Crippen LogP contribution < -0.4 is 10.6 Å². The topological polar surface area (TPSA) is 77.2 Å². The molecule has 1 heterocycles. The summed E-state index contributed by atoms with van der Waals surface area (Å²) in [5, 5.41) is 15.8. The highest BCUT2D eigenvalue weighted by atomic mass is 19.1. The van der Waals surface area contributed by atoms with Gasteiger partial charge in [-0.05, 0) is 43.0 Å². The van der Waals surface area contributed by atoms with Crippen molar-refractivity contribution in [1.82, 2.24) is 15.6 Å². The van der Waals surface area contributed by atoms with Crippen molar-refractivity contribution in [3.05, 3.63) is 35.8 Å². The third-order valence-corrected chi connectivity index (χ3v) is 3.64. The number of nitrogens with one attached hydrogen (secondary N) is 3. The van der Waals surface area contributed by atoms with Crippen LogP contribution in [0, 0.1) is 5.82 Å². The average Bonchev–Trinajstić information content (AvgIpc) is 2.89. The van der Waals surface area contributed by atoms with Crippen LogP contribution in [0.5, 0.6) is 0 Å². The molecule has 1 atom stereocenters. The summed E-state index contributed by atoms with van der Waals surface area (Å²) in [5.41, 5.74) is 1.80. The number of halogens is 1. The average molecular weight is 307 g/mol. The van der Waals surface area contributed by atoms with E-state index in [2.05, 4.69) is 15.6 Å². The minimum absolute atomic E-state index is 0.241. The van der Waals surface area contributed by atoms with Gasteiger partial charge in [-0.1, -0.05) is 6.92 Å². The van der Waals surface area contributed by atoms with Crippen molar-refractivity contribution in [3.8, 4) is 0 Å². The molecule has 0 aliphatic carbocycles. The van der Waals surface area contributed by atoms with Gasteiger partial charge in [0.1, 0.15) is 5.82 Å². The molecule has 0 aliphatic rings. The Morgan fingerprint density at radius 1 is 1.36 bits per heavy atom. The number of aromatic amines is 1. The van der Waals surface area contributed by atoms with Crippen LogP contribution in [0.15, 0.2) is 24.4 Å². The minimum Gasteiger partial charge on any atom is -0.393 e. The number of aliphatic hydroxyl groups is 1. The Kier molecular flexibility index (Phi) is 5.77. The molecule has 5 nitrogen and oxygen atoms in total. The summed E-state index contributed by atoms with van der Waals surface area (Å²) in [6.45, 7) is 2.84. The Hall–Kier alpha value is -2.08. The molecule has 120 valence electrons. The van der Waals surface area contributed by atoms with Gasteiger partial charge < -0.3 is 20.7 Å². The van der Waals surface area contributed by atoms with Crippen LogP contribution in [0.2, 0.25) is 0 Å². The maximum absolute atomic E-state index is 13.1. The zero-order valence-corrected chi connectivity index (χ0v) is 12.7. The molecule has 4 N–H and O–H groups in total. The predicted octanol–water partition coefficient (Wildman–Crippen LogP) is 2.31. The third kappa shape index (κ3) is 4.46. The first-order chi connectivity index (χ1) is 10.6. The van der Waals surface area contributed by atoms with Gasteiger partial charge in [-0.2, -0.15) is 0 Å². The van der Waals surface area contributed by atoms with Crippen molar-refractivity contribution in [1.29, 1.82) is 0 Å². The van der Waals surface area contributed by atoms with Crippen LogP contribution in [0.1, 0.15) is 25.3 Å². The third-order valence-electron chi connectivity index (χ3n) is 3.64. The Labute approximate surface area is 128 Å². The summed E-state index contributed by atoms with van der Waals surface area (Å²) >= 11 is 0. The number of carbonyl (C=O) groups excluding carboxylic acids is 1. The molecule has 22 heavy (non-hydrogen) atoms. The van der Waals surface area contributed by atoms with E-state index in [-0.39, 0.29) is 18.0 Å². The first-order valence-corrected chi connectivity index (χ1v) is 7.55. The number of carbonyl (C=O) groups is 1. The van der Waals surface area contributed by atoms with Crippen molar-refractivity contribution in [2.45, 2.75) is 32.3 Å². The molecular formula is C16H22FN3O2. The summed E-state index contributed by atoms with van der Waals surface area (Å²) in [6, 6.07) is 4.38. The molecule has 0 bridgehead atoms. The highest BCUT2D eigenvalue weighted by Gasteiger charge is 2.06. The zero-order chi connectivity index (χ0) is 15.9. The summed E-state index contributed by atoms with van der Waals surface area (Å²) in [5.74, 6) is -0.271. The number of hydrogen-bond acceptors (Lipinski definition) is 2. The number of hydrogen-bond donors (Lipinski definition) is 4. The van der Waals surface area contributed by atoms with E-state index in [0.29, 0.717) is 32.4 Å². The van der Waals surface area contributed by atoms with E-state index in [0.717, 1.165) is 16.5 Å². The number of aliphatic hydroxyl groups excluding tert-OH is 1. The molecule has 2 rings (SSSR count). The number of fused-ring (bicyclic) bond motifs is 1. The van der Waals surface area contributed by atoms with E-state index in [1.165, 1.54) is 12.1 Å². The summed E-state index contributed by atoms with van der Waals surface area (Å²) in [4.78, 5) is 14.6. The quantitative estimate of drug-likeness (QED) is 0.633. The fraction of sp³-hybridized carbons (Fsp3) is 0.438. The lowest BCUT2D eigenvalue weighted by Crippen LogP contribution is -2.37. The normalized spacial score (nSPS) is 12.3. The molecule has 0 saturated carbocycles. The molecule has 1 aromatic heterocycles. The minimum atomic E-state index is -0.369. The van der Waals surface area contributed by atoms with Gasteiger partial charge in [0.25, 0.3) is 0 Å². The van der Waals surface area contributed by atoms with Gasteiger partial charge in [-0.25, -0.2) is 9.18 Å². The Balaban J connectivity index is 1.74. The van der Waals surface area contributed by atoms with E-state index in [1.807, 2.05) is 13.1 Å². The van der Waals surface area contributed by atoms with E-state index < -0.39 is 0 Å². The number of rotatable bonds is 7. The van der Waals surface area contributed by atoms with E-state index in [4.69, 9.17) is 0 Å². The van der Waals surface area contributed by atoms with Gasteiger partial charge >= 0.3 is 6.03 Å².